The van der Waals surface area contributed by atoms with Crippen LogP contribution in [-0.2, 0) is 10.0 Å². The average Bonchev–Trinajstić information content (AvgIpc) is 2.91. The van der Waals surface area contributed by atoms with Crippen molar-refractivity contribution >= 4 is 15.9 Å². The van der Waals surface area contributed by atoms with Crippen molar-refractivity contribution in [2.45, 2.75) is 49.5 Å². The first-order chi connectivity index (χ1) is 12.0. The number of carbonyl (C=O) groups is 1. The van der Waals surface area contributed by atoms with Crippen LogP contribution in [0, 0.1) is 0 Å². The molecule has 1 unspecified atom stereocenters. The third kappa shape index (κ3) is 4.22. The van der Waals surface area contributed by atoms with E-state index in [4.69, 9.17) is 5.73 Å². The number of sulfonamides is 1. The van der Waals surface area contributed by atoms with Crippen LogP contribution < -0.4 is 5.73 Å². The second-order valence-electron chi connectivity index (χ2n) is 7.00. The minimum Gasteiger partial charge on any atom is -0.337 e. The lowest BCUT2D eigenvalue weighted by atomic mass is 10.1. The molecular formula is C18H27N3O3S. The molecule has 0 bridgehead atoms. The summed E-state index contributed by atoms with van der Waals surface area (Å²) in [5.74, 6) is -0.136. The van der Waals surface area contributed by atoms with Gasteiger partial charge in [-0.3, -0.25) is 4.79 Å². The zero-order valence-corrected chi connectivity index (χ0v) is 15.4. The summed E-state index contributed by atoms with van der Waals surface area (Å²) in [5.41, 5.74) is 6.38. The van der Waals surface area contributed by atoms with Gasteiger partial charge in [-0.05, 0) is 43.9 Å². The quantitative estimate of drug-likeness (QED) is 0.885. The normalized spacial score (nSPS) is 23.2. The summed E-state index contributed by atoms with van der Waals surface area (Å²) < 4.78 is 27.4. The molecule has 2 fully saturated rings. The molecule has 0 radical (unpaired) electrons. The Kier molecular flexibility index (Phi) is 5.76. The second-order valence-corrected chi connectivity index (χ2v) is 8.94. The number of carbonyl (C=O) groups excluding carboxylic acids is 1. The van der Waals surface area contributed by atoms with Crippen LogP contribution in [0.15, 0.2) is 29.2 Å². The van der Waals surface area contributed by atoms with Crippen molar-refractivity contribution in [1.29, 1.82) is 0 Å². The first-order valence-electron chi connectivity index (χ1n) is 9.13. The largest absolute Gasteiger partial charge is 0.337 e. The van der Waals surface area contributed by atoms with Gasteiger partial charge in [0.05, 0.1) is 4.90 Å². The molecule has 0 aromatic heterocycles. The molecule has 2 heterocycles. The highest BCUT2D eigenvalue weighted by Crippen LogP contribution is 2.22. The zero-order valence-electron chi connectivity index (χ0n) is 14.6. The van der Waals surface area contributed by atoms with Crippen molar-refractivity contribution in [3.63, 3.8) is 0 Å². The minimum absolute atomic E-state index is 0.00159. The summed E-state index contributed by atoms with van der Waals surface area (Å²) in [6.07, 6.45) is 5.73. The highest BCUT2D eigenvalue weighted by atomic mass is 32.2. The first-order valence-corrected chi connectivity index (χ1v) is 10.6. The van der Waals surface area contributed by atoms with Crippen LogP contribution in [0.25, 0.3) is 0 Å². The van der Waals surface area contributed by atoms with Crippen LogP contribution in [0.4, 0.5) is 0 Å². The van der Waals surface area contributed by atoms with E-state index in [0.29, 0.717) is 31.7 Å². The lowest BCUT2D eigenvalue weighted by molar-refractivity contribution is 0.0708. The smallest absolute Gasteiger partial charge is 0.253 e. The van der Waals surface area contributed by atoms with Gasteiger partial charge in [-0.25, -0.2) is 8.42 Å². The van der Waals surface area contributed by atoms with Crippen LogP contribution in [-0.4, -0.2) is 55.8 Å². The summed E-state index contributed by atoms with van der Waals surface area (Å²) >= 11 is 0. The molecular weight excluding hydrogens is 338 g/mol. The Balaban J connectivity index is 1.81. The van der Waals surface area contributed by atoms with Crippen LogP contribution in [0.5, 0.6) is 0 Å². The number of likely N-dealkylation sites (tertiary alicyclic amines) is 1. The number of nitrogens with two attached hydrogens (primary N) is 1. The number of benzene rings is 1. The Morgan fingerprint density at radius 2 is 1.76 bits per heavy atom. The molecule has 1 amide bonds. The molecule has 138 valence electrons. The van der Waals surface area contributed by atoms with E-state index in [1.165, 1.54) is 6.07 Å². The molecule has 6 nitrogen and oxygen atoms in total. The zero-order chi connectivity index (χ0) is 17.9. The Hall–Kier alpha value is -1.44. The third-order valence-corrected chi connectivity index (χ3v) is 6.92. The highest BCUT2D eigenvalue weighted by molar-refractivity contribution is 7.89. The van der Waals surface area contributed by atoms with E-state index in [0.717, 1.165) is 38.5 Å². The van der Waals surface area contributed by atoms with Gasteiger partial charge in [0.1, 0.15) is 0 Å². The summed E-state index contributed by atoms with van der Waals surface area (Å²) in [6, 6.07) is 6.44. The molecule has 0 spiro atoms. The number of rotatable bonds is 3. The van der Waals surface area contributed by atoms with Gasteiger partial charge < -0.3 is 10.6 Å². The van der Waals surface area contributed by atoms with Crippen molar-refractivity contribution in [3.05, 3.63) is 29.8 Å². The molecule has 3 rings (SSSR count). The average molecular weight is 365 g/mol. The molecule has 1 atom stereocenters. The highest BCUT2D eigenvalue weighted by Gasteiger charge is 2.27. The maximum Gasteiger partial charge on any atom is 0.253 e. The summed E-state index contributed by atoms with van der Waals surface area (Å²) in [4.78, 5) is 14.7. The monoisotopic (exact) mass is 365 g/mol. The fourth-order valence-corrected chi connectivity index (χ4v) is 5.16. The van der Waals surface area contributed by atoms with Gasteiger partial charge in [-0.2, -0.15) is 4.31 Å². The van der Waals surface area contributed by atoms with E-state index in [-0.39, 0.29) is 16.8 Å². The fraction of sp³-hybridized carbons (Fsp3) is 0.611. The predicted octanol–water partition coefficient (Wildman–Crippen LogP) is 1.81. The maximum atomic E-state index is 12.9. The Morgan fingerprint density at radius 1 is 1.04 bits per heavy atom. The van der Waals surface area contributed by atoms with Crippen molar-refractivity contribution in [3.8, 4) is 0 Å². The molecule has 2 aliphatic heterocycles. The molecule has 1 aromatic carbocycles. The standard InChI is InChI=1S/C18H27N3O3S/c19-16-8-6-10-20(14-16)18(22)15-7-5-9-17(13-15)25(23,24)21-11-3-1-2-4-12-21/h5,7,9,13,16H,1-4,6,8,10-12,14,19H2. The van der Waals surface area contributed by atoms with E-state index in [2.05, 4.69) is 0 Å². The SMILES string of the molecule is NC1CCCN(C(=O)c2cccc(S(=O)(=O)N3CCCCCC3)c2)C1. The van der Waals surface area contributed by atoms with E-state index >= 15 is 0 Å². The summed E-state index contributed by atoms with van der Waals surface area (Å²) in [7, 11) is -3.54. The van der Waals surface area contributed by atoms with E-state index in [1.54, 1.807) is 27.4 Å². The van der Waals surface area contributed by atoms with Crippen molar-refractivity contribution in [2.75, 3.05) is 26.2 Å². The lowest BCUT2D eigenvalue weighted by Gasteiger charge is -2.31. The minimum atomic E-state index is -3.54. The molecule has 0 saturated carbocycles. The number of amides is 1. The lowest BCUT2D eigenvalue weighted by Crippen LogP contribution is -2.45. The predicted molar refractivity (Wildman–Crippen MR) is 96.8 cm³/mol. The number of hydrogen-bond acceptors (Lipinski definition) is 4. The summed E-state index contributed by atoms with van der Waals surface area (Å²) in [6.45, 7) is 2.32. The van der Waals surface area contributed by atoms with Gasteiger partial charge in [0.25, 0.3) is 5.91 Å². The van der Waals surface area contributed by atoms with Gasteiger partial charge in [0.15, 0.2) is 0 Å². The van der Waals surface area contributed by atoms with Crippen molar-refractivity contribution < 1.29 is 13.2 Å². The van der Waals surface area contributed by atoms with E-state index in [1.807, 2.05) is 0 Å². The van der Waals surface area contributed by atoms with E-state index in [9.17, 15) is 13.2 Å². The topological polar surface area (TPSA) is 83.7 Å². The van der Waals surface area contributed by atoms with Gasteiger partial charge in [-0.15, -0.1) is 0 Å². The number of hydrogen-bond donors (Lipinski definition) is 1. The summed E-state index contributed by atoms with van der Waals surface area (Å²) in [5, 5.41) is 0. The van der Waals surface area contributed by atoms with Gasteiger partial charge in [-0.1, -0.05) is 18.9 Å². The van der Waals surface area contributed by atoms with Gasteiger partial charge in [0, 0.05) is 37.8 Å². The van der Waals surface area contributed by atoms with Gasteiger partial charge in [0.2, 0.25) is 10.0 Å². The molecule has 25 heavy (non-hydrogen) atoms. The molecule has 0 aliphatic carbocycles. The van der Waals surface area contributed by atoms with Crippen molar-refractivity contribution in [1.82, 2.24) is 9.21 Å². The molecule has 7 heteroatoms. The van der Waals surface area contributed by atoms with Crippen LogP contribution in [0.2, 0.25) is 0 Å². The molecule has 1 aromatic rings. The molecule has 2 N–H and O–H groups in total. The van der Waals surface area contributed by atoms with E-state index < -0.39 is 10.0 Å². The first kappa shape index (κ1) is 18.4. The Labute approximate surface area is 150 Å². The van der Waals surface area contributed by atoms with Crippen molar-refractivity contribution in [2.24, 2.45) is 5.73 Å². The maximum absolute atomic E-state index is 12.9. The Bertz CT molecular complexity index is 712. The third-order valence-electron chi connectivity index (χ3n) is 5.03. The second kappa shape index (κ2) is 7.85. The Morgan fingerprint density at radius 3 is 2.44 bits per heavy atom. The van der Waals surface area contributed by atoms with Gasteiger partial charge >= 0.3 is 0 Å². The number of piperidine rings is 1. The molecule has 2 saturated heterocycles. The van der Waals surface area contributed by atoms with Crippen LogP contribution in [0.3, 0.4) is 0 Å². The molecule has 2 aliphatic rings. The fourth-order valence-electron chi connectivity index (χ4n) is 3.60. The van der Waals surface area contributed by atoms with Crippen LogP contribution in [0.1, 0.15) is 48.9 Å². The van der Waals surface area contributed by atoms with Crippen LogP contribution >= 0.6 is 0 Å². The number of nitrogens with zero attached hydrogens (tertiary/aromatic N) is 2.